The van der Waals surface area contributed by atoms with Crippen LogP contribution in [-0.2, 0) is 6.42 Å². The van der Waals surface area contributed by atoms with Crippen molar-refractivity contribution >= 4 is 0 Å². The number of hydrogen-bond donors (Lipinski definition) is 0. The summed E-state index contributed by atoms with van der Waals surface area (Å²) < 4.78 is 0. The third-order valence-corrected chi connectivity index (χ3v) is 2.43. The molecule has 0 aliphatic rings. The zero-order chi connectivity index (χ0) is 10.7. The van der Waals surface area contributed by atoms with E-state index in [2.05, 4.69) is 41.2 Å². The van der Waals surface area contributed by atoms with Crippen LogP contribution in [0.5, 0.6) is 0 Å². The predicted molar refractivity (Wildman–Crippen MR) is 61.6 cm³/mol. The molecule has 1 heterocycles. The van der Waals surface area contributed by atoms with Crippen molar-refractivity contribution in [3.8, 4) is 11.3 Å². The number of rotatable bonds is 2. The van der Waals surface area contributed by atoms with Crippen molar-refractivity contribution in [2.24, 2.45) is 0 Å². The van der Waals surface area contributed by atoms with Crippen LogP contribution in [0.2, 0.25) is 0 Å². The molecule has 0 spiro atoms. The lowest BCUT2D eigenvalue weighted by Crippen LogP contribution is -1.89. The van der Waals surface area contributed by atoms with Gasteiger partial charge in [-0.15, -0.1) is 0 Å². The van der Waals surface area contributed by atoms with Gasteiger partial charge in [-0.1, -0.05) is 31.2 Å². The van der Waals surface area contributed by atoms with Gasteiger partial charge in [-0.2, -0.15) is 0 Å². The highest BCUT2D eigenvalue weighted by molar-refractivity contribution is 5.58. The van der Waals surface area contributed by atoms with E-state index in [4.69, 9.17) is 0 Å². The third kappa shape index (κ3) is 2.21. The van der Waals surface area contributed by atoms with E-state index >= 15 is 0 Å². The molecule has 76 valence electrons. The van der Waals surface area contributed by atoms with Gasteiger partial charge in [0.1, 0.15) is 5.82 Å². The summed E-state index contributed by atoms with van der Waals surface area (Å²) in [4.78, 5) is 8.48. The molecule has 0 unspecified atom stereocenters. The molecule has 0 amide bonds. The highest BCUT2D eigenvalue weighted by Gasteiger charge is 1.99. The summed E-state index contributed by atoms with van der Waals surface area (Å²) in [7, 11) is 0. The van der Waals surface area contributed by atoms with Crippen LogP contribution in [0.4, 0.5) is 0 Å². The number of benzene rings is 1. The molecule has 0 saturated heterocycles. The fourth-order valence-corrected chi connectivity index (χ4v) is 1.53. The Morgan fingerprint density at radius 3 is 2.40 bits per heavy atom. The minimum absolute atomic E-state index is 0.812. The summed E-state index contributed by atoms with van der Waals surface area (Å²) >= 11 is 0. The van der Waals surface area contributed by atoms with Crippen LogP contribution in [0, 0.1) is 6.92 Å². The Kier molecular flexibility index (Phi) is 2.77. The number of aryl methyl sites for hydroxylation is 2. The van der Waals surface area contributed by atoms with E-state index in [0.29, 0.717) is 0 Å². The van der Waals surface area contributed by atoms with Crippen LogP contribution in [-0.4, -0.2) is 9.97 Å². The van der Waals surface area contributed by atoms with Gasteiger partial charge in [-0.05, 0) is 25.0 Å². The first-order valence-corrected chi connectivity index (χ1v) is 5.18. The monoisotopic (exact) mass is 198 g/mol. The van der Waals surface area contributed by atoms with E-state index in [1.165, 1.54) is 5.56 Å². The maximum Gasteiger partial charge on any atom is 0.125 e. The normalized spacial score (nSPS) is 10.3. The van der Waals surface area contributed by atoms with E-state index in [-0.39, 0.29) is 0 Å². The van der Waals surface area contributed by atoms with E-state index in [1.807, 2.05) is 13.0 Å². The lowest BCUT2D eigenvalue weighted by Gasteiger charge is -2.02. The van der Waals surface area contributed by atoms with Gasteiger partial charge in [0.05, 0.1) is 5.69 Å². The molecule has 1 aromatic heterocycles. The predicted octanol–water partition coefficient (Wildman–Crippen LogP) is 3.01. The van der Waals surface area contributed by atoms with Crippen LogP contribution in [0.25, 0.3) is 11.3 Å². The molecule has 0 saturated carbocycles. The van der Waals surface area contributed by atoms with Crippen molar-refractivity contribution in [2.45, 2.75) is 20.3 Å². The molecular formula is C13H14N2. The number of hydrogen-bond acceptors (Lipinski definition) is 2. The minimum atomic E-state index is 0.812. The molecule has 2 aromatic rings. The van der Waals surface area contributed by atoms with Gasteiger partial charge in [0, 0.05) is 11.8 Å². The molecule has 0 radical (unpaired) electrons. The Labute approximate surface area is 90.0 Å². The van der Waals surface area contributed by atoms with Crippen LogP contribution < -0.4 is 0 Å². The maximum atomic E-state index is 4.39. The quantitative estimate of drug-likeness (QED) is 0.741. The van der Waals surface area contributed by atoms with E-state index in [9.17, 15) is 0 Å². The average molecular weight is 198 g/mol. The molecular weight excluding hydrogens is 184 g/mol. The van der Waals surface area contributed by atoms with Crippen LogP contribution in [0.3, 0.4) is 0 Å². The molecule has 0 aliphatic heterocycles. The van der Waals surface area contributed by atoms with Gasteiger partial charge in [0.15, 0.2) is 0 Å². The second-order valence-electron chi connectivity index (χ2n) is 3.54. The fraction of sp³-hybridized carbons (Fsp3) is 0.231. The first-order chi connectivity index (χ1) is 7.29. The van der Waals surface area contributed by atoms with Crippen molar-refractivity contribution in [3.05, 3.63) is 47.9 Å². The molecule has 0 fully saturated rings. The summed E-state index contributed by atoms with van der Waals surface area (Å²) in [5.41, 5.74) is 3.49. The first-order valence-electron chi connectivity index (χ1n) is 5.18. The van der Waals surface area contributed by atoms with Gasteiger partial charge in [-0.25, -0.2) is 9.97 Å². The molecule has 0 N–H and O–H groups in total. The maximum absolute atomic E-state index is 4.39. The summed E-state index contributed by atoms with van der Waals surface area (Å²) in [5.74, 6) is 0.812. The summed E-state index contributed by atoms with van der Waals surface area (Å²) in [6.07, 6.45) is 2.87. The Hall–Kier alpha value is -1.70. The Morgan fingerprint density at radius 1 is 1.07 bits per heavy atom. The van der Waals surface area contributed by atoms with Crippen molar-refractivity contribution in [1.29, 1.82) is 0 Å². The molecule has 15 heavy (non-hydrogen) atoms. The molecule has 1 aromatic carbocycles. The van der Waals surface area contributed by atoms with E-state index in [1.54, 1.807) is 6.20 Å². The van der Waals surface area contributed by atoms with Gasteiger partial charge >= 0.3 is 0 Å². The lowest BCUT2D eigenvalue weighted by atomic mass is 10.1. The number of nitrogens with zero attached hydrogens (tertiary/aromatic N) is 2. The summed E-state index contributed by atoms with van der Waals surface area (Å²) in [5, 5.41) is 0. The zero-order valence-electron chi connectivity index (χ0n) is 9.07. The largest absolute Gasteiger partial charge is 0.242 e. The Bertz CT molecular complexity index is 446. The second-order valence-corrected chi connectivity index (χ2v) is 3.54. The molecule has 2 nitrogen and oxygen atoms in total. The minimum Gasteiger partial charge on any atom is -0.242 e. The highest BCUT2D eigenvalue weighted by atomic mass is 14.9. The summed E-state index contributed by atoms with van der Waals surface area (Å²) in [6, 6.07) is 10.5. The smallest absolute Gasteiger partial charge is 0.125 e. The SMILES string of the molecule is CCc1ccc(-c2ccnc(C)n2)cc1. The standard InChI is InChI=1S/C13H14N2/c1-3-11-4-6-12(7-5-11)13-8-9-14-10(2)15-13/h4-9H,3H2,1-2H3. The Balaban J connectivity index is 2.37. The van der Waals surface area contributed by atoms with Crippen molar-refractivity contribution in [2.75, 3.05) is 0 Å². The number of aromatic nitrogens is 2. The van der Waals surface area contributed by atoms with Crippen LogP contribution in [0.15, 0.2) is 36.5 Å². The second kappa shape index (κ2) is 4.22. The molecule has 2 heteroatoms. The van der Waals surface area contributed by atoms with E-state index < -0.39 is 0 Å². The summed E-state index contributed by atoms with van der Waals surface area (Å²) in [6.45, 7) is 4.06. The lowest BCUT2D eigenvalue weighted by molar-refractivity contribution is 1.06. The van der Waals surface area contributed by atoms with Crippen LogP contribution in [0.1, 0.15) is 18.3 Å². The van der Waals surface area contributed by atoms with Gasteiger partial charge in [0.2, 0.25) is 0 Å². The third-order valence-electron chi connectivity index (χ3n) is 2.43. The van der Waals surface area contributed by atoms with Gasteiger partial charge in [0.25, 0.3) is 0 Å². The van der Waals surface area contributed by atoms with Crippen LogP contribution >= 0.6 is 0 Å². The molecule has 0 bridgehead atoms. The topological polar surface area (TPSA) is 25.8 Å². The zero-order valence-corrected chi connectivity index (χ0v) is 9.07. The van der Waals surface area contributed by atoms with Gasteiger partial charge < -0.3 is 0 Å². The highest BCUT2D eigenvalue weighted by Crippen LogP contribution is 2.17. The first kappa shape index (κ1) is 9.84. The molecule has 0 atom stereocenters. The van der Waals surface area contributed by atoms with Crippen molar-refractivity contribution < 1.29 is 0 Å². The Morgan fingerprint density at radius 2 is 1.80 bits per heavy atom. The van der Waals surface area contributed by atoms with E-state index in [0.717, 1.165) is 23.5 Å². The van der Waals surface area contributed by atoms with Gasteiger partial charge in [-0.3, -0.25) is 0 Å². The molecule has 0 aliphatic carbocycles. The van der Waals surface area contributed by atoms with Crippen molar-refractivity contribution in [3.63, 3.8) is 0 Å². The van der Waals surface area contributed by atoms with Crippen molar-refractivity contribution in [1.82, 2.24) is 9.97 Å². The fourth-order valence-electron chi connectivity index (χ4n) is 1.53. The molecule has 2 rings (SSSR count). The average Bonchev–Trinajstić information content (AvgIpc) is 2.29.